The largest absolute Gasteiger partial charge is 0.491 e. The molecule has 152 valence electrons. The normalized spacial score (nSPS) is 13.1. The fourth-order valence-corrected chi connectivity index (χ4v) is 2.96. The summed E-state index contributed by atoms with van der Waals surface area (Å²) in [6, 6.07) is 19.9. The summed E-state index contributed by atoms with van der Waals surface area (Å²) in [5.74, 6) is 0.781. The molecule has 1 aromatic heterocycles. The van der Waals surface area contributed by atoms with E-state index in [1.807, 2.05) is 61.2 Å². The van der Waals surface area contributed by atoms with Gasteiger partial charge in [0.15, 0.2) is 6.23 Å². The lowest BCUT2D eigenvalue weighted by atomic mass is 10.2. The molecule has 0 saturated heterocycles. The van der Waals surface area contributed by atoms with Crippen molar-refractivity contribution in [1.29, 1.82) is 0 Å². The van der Waals surface area contributed by atoms with E-state index in [-0.39, 0.29) is 12.8 Å². The predicted molar refractivity (Wildman–Crippen MR) is 112 cm³/mol. The van der Waals surface area contributed by atoms with Crippen LogP contribution < -0.4 is 9.47 Å². The van der Waals surface area contributed by atoms with Gasteiger partial charge in [0.2, 0.25) is 0 Å². The minimum atomic E-state index is -0.680. The lowest BCUT2D eigenvalue weighted by molar-refractivity contribution is -0.0157. The van der Waals surface area contributed by atoms with Crippen LogP contribution in [0.25, 0.3) is 0 Å². The summed E-state index contributed by atoms with van der Waals surface area (Å²) in [6.07, 6.45) is 2.27. The molecule has 29 heavy (non-hydrogen) atoms. The van der Waals surface area contributed by atoms with Crippen LogP contribution in [0.1, 0.15) is 18.1 Å². The van der Waals surface area contributed by atoms with Gasteiger partial charge in [0, 0.05) is 25.5 Å². The summed E-state index contributed by atoms with van der Waals surface area (Å²) in [7, 11) is 0. The van der Waals surface area contributed by atoms with Gasteiger partial charge < -0.3 is 14.6 Å². The zero-order valence-corrected chi connectivity index (χ0v) is 16.8. The van der Waals surface area contributed by atoms with Gasteiger partial charge >= 0.3 is 6.01 Å². The molecule has 0 saturated carbocycles. The first-order valence-electron chi connectivity index (χ1n) is 9.70. The van der Waals surface area contributed by atoms with Gasteiger partial charge in [-0.25, -0.2) is 9.97 Å². The van der Waals surface area contributed by atoms with Gasteiger partial charge in [-0.1, -0.05) is 48.5 Å². The maximum Gasteiger partial charge on any atom is 0.317 e. The van der Waals surface area contributed by atoms with Gasteiger partial charge in [-0.2, -0.15) is 0 Å². The smallest absolute Gasteiger partial charge is 0.317 e. The summed E-state index contributed by atoms with van der Waals surface area (Å²) < 4.78 is 11.7. The molecule has 0 bridgehead atoms. The summed E-state index contributed by atoms with van der Waals surface area (Å²) in [5, 5.41) is 10.6. The van der Waals surface area contributed by atoms with Crippen molar-refractivity contribution in [3.63, 3.8) is 0 Å². The Morgan fingerprint density at radius 2 is 1.66 bits per heavy atom. The summed E-state index contributed by atoms with van der Waals surface area (Å²) in [4.78, 5) is 10.3. The Hall–Kier alpha value is -2.96. The molecule has 0 radical (unpaired) electrons. The summed E-state index contributed by atoms with van der Waals surface area (Å²) in [5.41, 5.74) is 2.17. The molecule has 1 N–H and O–H groups in total. The molecular weight excluding hydrogens is 366 g/mol. The zero-order valence-electron chi connectivity index (χ0n) is 16.8. The Balaban J connectivity index is 1.64. The van der Waals surface area contributed by atoms with Crippen LogP contribution in [-0.2, 0) is 6.54 Å². The first-order chi connectivity index (χ1) is 14.1. The number of para-hydroxylation sites is 1. The monoisotopic (exact) mass is 393 g/mol. The van der Waals surface area contributed by atoms with Crippen LogP contribution in [0, 0.1) is 6.92 Å². The number of aryl methyl sites for hydroxylation is 1. The highest BCUT2D eigenvalue weighted by molar-refractivity contribution is 5.31. The van der Waals surface area contributed by atoms with E-state index in [9.17, 15) is 5.11 Å². The van der Waals surface area contributed by atoms with Gasteiger partial charge in [0.25, 0.3) is 0 Å². The Morgan fingerprint density at radius 1 is 0.966 bits per heavy atom. The van der Waals surface area contributed by atoms with E-state index >= 15 is 0 Å². The van der Waals surface area contributed by atoms with Crippen molar-refractivity contribution < 1.29 is 14.6 Å². The van der Waals surface area contributed by atoms with Crippen molar-refractivity contribution in [1.82, 2.24) is 14.9 Å². The molecule has 0 fully saturated rings. The average Bonchev–Trinajstić information content (AvgIpc) is 2.74. The highest BCUT2D eigenvalue weighted by Gasteiger charge is 2.21. The first kappa shape index (κ1) is 20.8. The maximum absolute atomic E-state index is 10.6. The predicted octanol–water partition coefficient (Wildman–Crippen LogP) is 3.45. The van der Waals surface area contributed by atoms with E-state index in [1.54, 1.807) is 18.5 Å². The third-order valence-electron chi connectivity index (χ3n) is 4.53. The van der Waals surface area contributed by atoms with E-state index in [0.29, 0.717) is 19.1 Å². The van der Waals surface area contributed by atoms with Gasteiger partial charge in [-0.15, -0.1) is 0 Å². The number of hydrogen-bond acceptors (Lipinski definition) is 6. The van der Waals surface area contributed by atoms with E-state index < -0.39 is 6.10 Å². The molecule has 3 rings (SSSR count). The zero-order chi connectivity index (χ0) is 20.5. The number of benzene rings is 2. The van der Waals surface area contributed by atoms with E-state index in [4.69, 9.17) is 9.47 Å². The van der Waals surface area contributed by atoms with Crippen LogP contribution >= 0.6 is 0 Å². The van der Waals surface area contributed by atoms with Crippen LogP contribution in [0.3, 0.4) is 0 Å². The highest BCUT2D eigenvalue weighted by Crippen LogP contribution is 2.17. The number of nitrogens with zero attached hydrogens (tertiary/aromatic N) is 3. The van der Waals surface area contributed by atoms with Crippen LogP contribution in [0.4, 0.5) is 0 Å². The number of aromatic nitrogens is 2. The Kier molecular flexibility index (Phi) is 7.55. The Morgan fingerprint density at radius 3 is 2.38 bits per heavy atom. The summed E-state index contributed by atoms with van der Waals surface area (Å²) in [6.45, 7) is 5.11. The van der Waals surface area contributed by atoms with Crippen molar-refractivity contribution in [3.8, 4) is 11.8 Å². The second-order valence-electron chi connectivity index (χ2n) is 6.89. The van der Waals surface area contributed by atoms with E-state index in [2.05, 4.69) is 22.1 Å². The second kappa shape index (κ2) is 10.5. The third kappa shape index (κ3) is 6.55. The van der Waals surface area contributed by atoms with Crippen LogP contribution in [0.2, 0.25) is 0 Å². The molecule has 3 aromatic rings. The highest BCUT2D eigenvalue weighted by atomic mass is 16.5. The van der Waals surface area contributed by atoms with Crippen molar-refractivity contribution >= 4 is 0 Å². The number of rotatable bonds is 10. The standard InChI is InChI=1S/C23H27N3O3/c1-18-9-6-7-12-22(18)28-17-21(27)16-26(15-20-10-4-3-5-11-20)19(2)29-23-24-13-8-14-25-23/h3-14,19,21,27H,15-17H2,1-2H3. The summed E-state index contributed by atoms with van der Waals surface area (Å²) >= 11 is 0. The fourth-order valence-electron chi connectivity index (χ4n) is 2.96. The molecule has 1 heterocycles. The van der Waals surface area contributed by atoms with Gasteiger partial charge in [-0.05, 0) is 37.1 Å². The van der Waals surface area contributed by atoms with Crippen molar-refractivity contribution in [3.05, 3.63) is 84.2 Å². The second-order valence-corrected chi connectivity index (χ2v) is 6.89. The minimum Gasteiger partial charge on any atom is -0.491 e. The third-order valence-corrected chi connectivity index (χ3v) is 4.53. The molecule has 2 unspecified atom stereocenters. The molecule has 6 heteroatoms. The Bertz CT molecular complexity index is 862. The first-order valence-corrected chi connectivity index (χ1v) is 9.70. The molecule has 0 aliphatic heterocycles. The molecule has 6 nitrogen and oxygen atoms in total. The maximum atomic E-state index is 10.6. The van der Waals surface area contributed by atoms with Crippen molar-refractivity contribution in [2.75, 3.05) is 13.2 Å². The number of aliphatic hydroxyl groups excluding tert-OH is 1. The Labute approximate surface area is 171 Å². The minimum absolute atomic E-state index is 0.199. The molecule has 0 aliphatic carbocycles. The molecular formula is C23H27N3O3. The lowest BCUT2D eigenvalue weighted by Gasteiger charge is -2.30. The molecule has 0 amide bonds. The van der Waals surface area contributed by atoms with E-state index in [0.717, 1.165) is 16.9 Å². The van der Waals surface area contributed by atoms with Crippen LogP contribution in [-0.4, -0.2) is 45.5 Å². The lowest BCUT2D eigenvalue weighted by Crippen LogP contribution is -2.43. The topological polar surface area (TPSA) is 67.7 Å². The fraction of sp³-hybridized carbons (Fsp3) is 0.304. The van der Waals surface area contributed by atoms with Crippen LogP contribution in [0.5, 0.6) is 11.8 Å². The molecule has 0 spiro atoms. The van der Waals surface area contributed by atoms with Crippen molar-refractivity contribution in [2.24, 2.45) is 0 Å². The number of hydrogen-bond donors (Lipinski definition) is 1. The quantitative estimate of drug-likeness (QED) is 0.532. The number of aliphatic hydroxyl groups is 1. The van der Waals surface area contributed by atoms with Crippen LogP contribution in [0.15, 0.2) is 73.1 Å². The average molecular weight is 393 g/mol. The molecule has 2 aromatic carbocycles. The van der Waals surface area contributed by atoms with Crippen molar-refractivity contribution in [2.45, 2.75) is 32.7 Å². The molecule has 0 aliphatic rings. The van der Waals surface area contributed by atoms with Gasteiger partial charge in [-0.3, -0.25) is 4.90 Å². The SMILES string of the molecule is Cc1ccccc1OCC(O)CN(Cc1ccccc1)C(C)Oc1ncccn1. The molecule has 2 atom stereocenters. The number of ether oxygens (including phenoxy) is 2. The van der Waals surface area contributed by atoms with E-state index in [1.165, 1.54) is 0 Å². The van der Waals surface area contributed by atoms with Gasteiger partial charge in [0.1, 0.15) is 18.5 Å². The van der Waals surface area contributed by atoms with Gasteiger partial charge in [0.05, 0.1) is 0 Å².